The summed E-state index contributed by atoms with van der Waals surface area (Å²) in [5, 5.41) is 0. The smallest absolute Gasteiger partial charge is 0.409 e. The molecular formula is C8H16N2O2. The van der Waals surface area contributed by atoms with E-state index in [2.05, 4.69) is 0 Å². The average molecular weight is 172 g/mol. The molecule has 0 aromatic heterocycles. The van der Waals surface area contributed by atoms with Gasteiger partial charge in [-0.2, -0.15) is 0 Å². The standard InChI is InChI=1S/C8H16N2O2/c1-3-8(9)5-10(6-8)7(11)12-4-2/h3-6,9H2,1-2H3. The molecule has 0 aromatic carbocycles. The predicted octanol–water partition coefficient (Wildman–Crippen LogP) is 0.566. The Labute approximate surface area is 72.7 Å². The van der Waals surface area contributed by atoms with Gasteiger partial charge in [0.2, 0.25) is 0 Å². The first kappa shape index (κ1) is 9.32. The first-order valence-corrected chi connectivity index (χ1v) is 4.32. The van der Waals surface area contributed by atoms with E-state index in [1.54, 1.807) is 11.8 Å². The Morgan fingerprint density at radius 2 is 2.17 bits per heavy atom. The fourth-order valence-electron chi connectivity index (χ4n) is 1.28. The van der Waals surface area contributed by atoms with Crippen molar-refractivity contribution in [1.29, 1.82) is 0 Å². The zero-order valence-corrected chi connectivity index (χ0v) is 7.67. The summed E-state index contributed by atoms with van der Waals surface area (Å²) < 4.78 is 4.82. The third-order valence-electron chi connectivity index (χ3n) is 2.24. The van der Waals surface area contributed by atoms with Gasteiger partial charge >= 0.3 is 6.09 Å². The summed E-state index contributed by atoms with van der Waals surface area (Å²) in [5.41, 5.74) is 5.72. The maximum absolute atomic E-state index is 11.1. The van der Waals surface area contributed by atoms with Gasteiger partial charge in [-0.05, 0) is 13.3 Å². The summed E-state index contributed by atoms with van der Waals surface area (Å²) in [6.07, 6.45) is 0.662. The highest BCUT2D eigenvalue weighted by Gasteiger charge is 2.41. The molecule has 0 aliphatic carbocycles. The number of rotatable bonds is 2. The van der Waals surface area contributed by atoms with Crippen molar-refractivity contribution in [3.05, 3.63) is 0 Å². The molecule has 0 spiro atoms. The van der Waals surface area contributed by atoms with Gasteiger partial charge in [0.15, 0.2) is 0 Å². The molecule has 0 saturated carbocycles. The summed E-state index contributed by atoms with van der Waals surface area (Å²) in [5.74, 6) is 0. The van der Waals surface area contributed by atoms with Gasteiger partial charge in [0.05, 0.1) is 12.1 Å². The van der Waals surface area contributed by atoms with E-state index < -0.39 is 0 Å². The van der Waals surface area contributed by atoms with Crippen LogP contribution in [0, 0.1) is 0 Å². The van der Waals surface area contributed by atoms with Gasteiger partial charge in [0.1, 0.15) is 0 Å². The van der Waals surface area contributed by atoms with Crippen LogP contribution in [0.5, 0.6) is 0 Å². The second kappa shape index (κ2) is 3.31. The van der Waals surface area contributed by atoms with Gasteiger partial charge in [-0.25, -0.2) is 4.79 Å². The van der Waals surface area contributed by atoms with Crippen LogP contribution in [-0.2, 0) is 4.74 Å². The molecule has 0 atom stereocenters. The van der Waals surface area contributed by atoms with Crippen LogP contribution < -0.4 is 5.73 Å². The topological polar surface area (TPSA) is 55.6 Å². The van der Waals surface area contributed by atoms with Crippen LogP contribution in [0.1, 0.15) is 20.3 Å². The first-order valence-electron chi connectivity index (χ1n) is 4.32. The normalized spacial score (nSPS) is 20.1. The molecule has 4 nitrogen and oxygen atoms in total. The molecule has 70 valence electrons. The first-order chi connectivity index (χ1) is 5.61. The second-order valence-electron chi connectivity index (χ2n) is 3.27. The van der Waals surface area contributed by atoms with Gasteiger partial charge in [-0.15, -0.1) is 0 Å². The zero-order valence-electron chi connectivity index (χ0n) is 7.67. The van der Waals surface area contributed by atoms with Gasteiger partial charge in [-0.1, -0.05) is 6.92 Å². The van der Waals surface area contributed by atoms with Crippen molar-refractivity contribution in [2.24, 2.45) is 5.73 Å². The van der Waals surface area contributed by atoms with Crippen molar-refractivity contribution < 1.29 is 9.53 Å². The maximum Gasteiger partial charge on any atom is 0.409 e. The van der Waals surface area contributed by atoms with Crippen LogP contribution in [0.3, 0.4) is 0 Å². The van der Waals surface area contributed by atoms with Gasteiger partial charge in [-0.3, -0.25) is 0 Å². The van der Waals surface area contributed by atoms with Crippen LogP contribution in [0.4, 0.5) is 4.79 Å². The third kappa shape index (κ3) is 1.69. The molecule has 0 bridgehead atoms. The molecule has 4 heteroatoms. The van der Waals surface area contributed by atoms with E-state index in [1.165, 1.54) is 0 Å². The Morgan fingerprint density at radius 3 is 2.58 bits per heavy atom. The molecule has 0 aromatic rings. The van der Waals surface area contributed by atoms with E-state index in [-0.39, 0.29) is 11.6 Å². The van der Waals surface area contributed by atoms with E-state index >= 15 is 0 Å². The lowest BCUT2D eigenvalue weighted by Crippen LogP contribution is -2.68. The lowest BCUT2D eigenvalue weighted by atomic mass is 9.89. The van der Waals surface area contributed by atoms with E-state index in [4.69, 9.17) is 10.5 Å². The number of amides is 1. The summed E-state index contributed by atoms with van der Waals surface area (Å²) in [6, 6.07) is 0. The molecule has 1 rings (SSSR count). The number of nitrogens with two attached hydrogens (primary N) is 1. The Kier molecular flexibility index (Phi) is 2.57. The Hall–Kier alpha value is -0.770. The maximum atomic E-state index is 11.1. The van der Waals surface area contributed by atoms with Crippen molar-refractivity contribution in [2.45, 2.75) is 25.8 Å². The van der Waals surface area contributed by atoms with Crippen molar-refractivity contribution in [1.82, 2.24) is 4.90 Å². The Balaban J connectivity index is 2.29. The van der Waals surface area contributed by atoms with Crippen LogP contribution in [0.2, 0.25) is 0 Å². The minimum absolute atomic E-state index is 0.160. The zero-order chi connectivity index (χ0) is 9.19. The van der Waals surface area contributed by atoms with Gasteiger partial charge in [0, 0.05) is 13.1 Å². The van der Waals surface area contributed by atoms with Crippen LogP contribution >= 0.6 is 0 Å². The molecule has 12 heavy (non-hydrogen) atoms. The number of carbonyl (C=O) groups excluding carboxylic acids is 1. The number of ether oxygens (including phenoxy) is 1. The average Bonchev–Trinajstić information content (AvgIpc) is 1.99. The lowest BCUT2D eigenvalue weighted by Gasteiger charge is -2.46. The summed E-state index contributed by atoms with van der Waals surface area (Å²) in [6.45, 7) is 5.51. The number of hydrogen-bond donors (Lipinski definition) is 1. The largest absolute Gasteiger partial charge is 0.450 e. The summed E-state index contributed by atoms with van der Waals surface area (Å²) in [4.78, 5) is 12.7. The van der Waals surface area contributed by atoms with E-state index in [0.29, 0.717) is 19.7 Å². The number of likely N-dealkylation sites (tertiary alicyclic amines) is 1. The third-order valence-corrected chi connectivity index (χ3v) is 2.24. The quantitative estimate of drug-likeness (QED) is 0.662. The van der Waals surface area contributed by atoms with Crippen molar-refractivity contribution in [3.63, 3.8) is 0 Å². The van der Waals surface area contributed by atoms with E-state index in [9.17, 15) is 4.79 Å². The van der Waals surface area contributed by atoms with Crippen LogP contribution in [0.15, 0.2) is 0 Å². The minimum atomic E-state index is -0.243. The lowest BCUT2D eigenvalue weighted by molar-refractivity contribution is 0.0414. The molecule has 1 heterocycles. The number of carbonyl (C=O) groups is 1. The fraction of sp³-hybridized carbons (Fsp3) is 0.875. The molecular weight excluding hydrogens is 156 g/mol. The molecule has 1 saturated heterocycles. The molecule has 1 fully saturated rings. The van der Waals surface area contributed by atoms with Crippen molar-refractivity contribution in [2.75, 3.05) is 19.7 Å². The fourth-order valence-corrected chi connectivity index (χ4v) is 1.28. The highest BCUT2D eigenvalue weighted by molar-refractivity contribution is 5.69. The van der Waals surface area contributed by atoms with Crippen LogP contribution in [-0.4, -0.2) is 36.2 Å². The highest BCUT2D eigenvalue weighted by atomic mass is 16.6. The molecule has 1 amide bonds. The van der Waals surface area contributed by atoms with Crippen molar-refractivity contribution in [3.8, 4) is 0 Å². The molecule has 2 N–H and O–H groups in total. The predicted molar refractivity (Wildman–Crippen MR) is 45.8 cm³/mol. The SMILES string of the molecule is CCOC(=O)N1CC(N)(CC)C1. The highest BCUT2D eigenvalue weighted by Crippen LogP contribution is 2.21. The van der Waals surface area contributed by atoms with Crippen LogP contribution in [0.25, 0.3) is 0 Å². The molecule has 0 radical (unpaired) electrons. The van der Waals surface area contributed by atoms with Gasteiger partial charge < -0.3 is 15.4 Å². The second-order valence-corrected chi connectivity index (χ2v) is 3.27. The molecule has 1 aliphatic heterocycles. The molecule has 0 unspecified atom stereocenters. The number of nitrogens with zero attached hydrogens (tertiary/aromatic N) is 1. The van der Waals surface area contributed by atoms with Crippen molar-refractivity contribution >= 4 is 6.09 Å². The summed E-state index contributed by atoms with van der Waals surface area (Å²) in [7, 11) is 0. The number of hydrogen-bond acceptors (Lipinski definition) is 3. The molecule has 1 aliphatic rings. The summed E-state index contributed by atoms with van der Waals surface area (Å²) >= 11 is 0. The monoisotopic (exact) mass is 172 g/mol. The minimum Gasteiger partial charge on any atom is -0.450 e. The van der Waals surface area contributed by atoms with E-state index in [0.717, 1.165) is 6.42 Å². The van der Waals surface area contributed by atoms with E-state index in [1.807, 2.05) is 6.92 Å². The Morgan fingerprint density at radius 1 is 1.58 bits per heavy atom. The Bertz CT molecular complexity index is 176. The van der Waals surface area contributed by atoms with Gasteiger partial charge in [0.25, 0.3) is 0 Å².